The Morgan fingerprint density at radius 2 is 1.81 bits per heavy atom. The van der Waals surface area contributed by atoms with Crippen molar-refractivity contribution in [3.8, 4) is 11.1 Å². The molecule has 32 heavy (non-hydrogen) atoms. The third-order valence-corrected chi connectivity index (χ3v) is 6.46. The Morgan fingerprint density at radius 3 is 2.59 bits per heavy atom. The largest absolute Gasteiger partial charge is 0.367 e. The van der Waals surface area contributed by atoms with E-state index in [1.807, 2.05) is 35.4 Å². The van der Waals surface area contributed by atoms with Crippen LogP contribution in [0.5, 0.6) is 0 Å². The van der Waals surface area contributed by atoms with E-state index in [1.54, 1.807) is 6.33 Å². The van der Waals surface area contributed by atoms with Crippen molar-refractivity contribution in [2.24, 2.45) is 0 Å². The van der Waals surface area contributed by atoms with E-state index in [9.17, 15) is 0 Å². The van der Waals surface area contributed by atoms with Gasteiger partial charge in [-0.15, -0.1) is 0 Å². The van der Waals surface area contributed by atoms with Gasteiger partial charge >= 0.3 is 0 Å². The molecule has 1 aromatic carbocycles. The van der Waals surface area contributed by atoms with Crippen LogP contribution in [0.1, 0.15) is 31.2 Å². The average molecular weight is 428 g/mol. The molecule has 5 rings (SSSR count). The van der Waals surface area contributed by atoms with Crippen LogP contribution in [-0.2, 0) is 6.54 Å². The van der Waals surface area contributed by atoms with Crippen molar-refractivity contribution in [3.63, 3.8) is 0 Å². The summed E-state index contributed by atoms with van der Waals surface area (Å²) in [6.07, 6.45) is 14.0. The number of nitrogens with one attached hydrogen (secondary N) is 1. The third kappa shape index (κ3) is 4.48. The van der Waals surface area contributed by atoms with Crippen LogP contribution in [0.4, 0.5) is 5.82 Å². The maximum absolute atomic E-state index is 4.59. The van der Waals surface area contributed by atoms with Crippen LogP contribution in [0.2, 0.25) is 0 Å². The van der Waals surface area contributed by atoms with E-state index >= 15 is 0 Å². The molecule has 0 atom stereocenters. The number of anilines is 1. The minimum Gasteiger partial charge on any atom is -0.367 e. The predicted octanol–water partition coefficient (Wildman–Crippen LogP) is 4.22. The average Bonchev–Trinajstić information content (AvgIpc) is 3.28. The van der Waals surface area contributed by atoms with Crippen LogP contribution < -0.4 is 5.32 Å². The summed E-state index contributed by atoms with van der Waals surface area (Å²) in [5, 5.41) is 9.31. The lowest BCUT2D eigenvalue weighted by Gasteiger charge is -2.33. The fourth-order valence-corrected chi connectivity index (χ4v) is 4.56. The Morgan fingerprint density at radius 1 is 1.00 bits per heavy atom. The zero-order chi connectivity index (χ0) is 21.9. The number of hydrogen-bond acceptors (Lipinski definition) is 6. The molecule has 1 saturated carbocycles. The van der Waals surface area contributed by atoms with E-state index < -0.39 is 0 Å². The van der Waals surface area contributed by atoms with Crippen LogP contribution in [0, 0.1) is 0 Å². The zero-order valence-electron chi connectivity index (χ0n) is 18.6. The minimum atomic E-state index is 0.455. The molecule has 3 aromatic heterocycles. The van der Waals surface area contributed by atoms with E-state index in [2.05, 4.69) is 68.8 Å². The summed E-state index contributed by atoms with van der Waals surface area (Å²) in [4.78, 5) is 15.5. The molecule has 0 unspecified atom stereocenters. The van der Waals surface area contributed by atoms with Gasteiger partial charge in [0, 0.05) is 41.6 Å². The van der Waals surface area contributed by atoms with Crippen molar-refractivity contribution in [3.05, 3.63) is 67.0 Å². The van der Waals surface area contributed by atoms with Gasteiger partial charge in [-0.1, -0.05) is 6.07 Å². The van der Waals surface area contributed by atoms with Gasteiger partial charge in [0.05, 0.1) is 18.3 Å². The second-order valence-corrected chi connectivity index (χ2v) is 8.85. The van der Waals surface area contributed by atoms with Crippen LogP contribution in [-0.4, -0.2) is 55.8 Å². The molecule has 0 saturated heterocycles. The van der Waals surface area contributed by atoms with E-state index in [-0.39, 0.29) is 0 Å². The highest BCUT2D eigenvalue weighted by molar-refractivity contribution is 5.92. The highest BCUT2D eigenvalue weighted by atomic mass is 15.3. The first kappa shape index (κ1) is 20.6. The molecule has 7 nitrogen and oxygen atoms in total. The lowest BCUT2D eigenvalue weighted by atomic mass is 9.90. The summed E-state index contributed by atoms with van der Waals surface area (Å²) in [7, 11) is 4.36. The molecule has 1 aliphatic carbocycles. The van der Waals surface area contributed by atoms with Gasteiger partial charge in [0.1, 0.15) is 12.1 Å². The quantitative estimate of drug-likeness (QED) is 0.497. The van der Waals surface area contributed by atoms with Crippen LogP contribution >= 0.6 is 0 Å². The van der Waals surface area contributed by atoms with Gasteiger partial charge in [-0.25, -0.2) is 9.97 Å². The monoisotopic (exact) mass is 427 g/mol. The zero-order valence-corrected chi connectivity index (χ0v) is 18.6. The highest BCUT2D eigenvalue weighted by Crippen LogP contribution is 2.29. The van der Waals surface area contributed by atoms with Crippen molar-refractivity contribution < 1.29 is 0 Å². The van der Waals surface area contributed by atoms with Crippen molar-refractivity contribution in [1.82, 2.24) is 29.6 Å². The molecule has 3 heterocycles. The van der Waals surface area contributed by atoms with Gasteiger partial charge in [0.2, 0.25) is 0 Å². The van der Waals surface area contributed by atoms with Gasteiger partial charge in [0.15, 0.2) is 0 Å². The maximum Gasteiger partial charge on any atom is 0.137 e. The summed E-state index contributed by atoms with van der Waals surface area (Å²) in [6, 6.07) is 11.5. The van der Waals surface area contributed by atoms with E-state index in [0.717, 1.165) is 47.2 Å². The predicted molar refractivity (Wildman–Crippen MR) is 127 cm³/mol. The molecule has 164 valence electrons. The summed E-state index contributed by atoms with van der Waals surface area (Å²) in [5.41, 5.74) is 4.34. The minimum absolute atomic E-state index is 0.455. The number of hydrogen-bond donors (Lipinski definition) is 1. The summed E-state index contributed by atoms with van der Waals surface area (Å²) >= 11 is 0. The van der Waals surface area contributed by atoms with Crippen molar-refractivity contribution in [2.75, 3.05) is 19.4 Å². The molecule has 4 aromatic rings. The van der Waals surface area contributed by atoms with Crippen LogP contribution in [0.25, 0.3) is 22.0 Å². The van der Waals surface area contributed by atoms with Gasteiger partial charge in [-0.3, -0.25) is 9.67 Å². The third-order valence-electron chi connectivity index (χ3n) is 6.46. The molecule has 1 N–H and O–H groups in total. The standard InChI is InChI=1S/C25H29N7/c1-31(2)22-6-4-21(5-7-22)30-25-23-13-19(3-8-24(23)27-17-28-25)20-14-29-32(16-20)15-18-9-11-26-12-10-18/h3,8-14,16-17,21-22H,4-7,15H2,1-2H3,(H,27,28,30)/t21-,22-. The highest BCUT2D eigenvalue weighted by Gasteiger charge is 2.23. The Kier molecular flexibility index (Phi) is 5.81. The van der Waals surface area contributed by atoms with Gasteiger partial charge < -0.3 is 10.2 Å². The number of benzene rings is 1. The number of aromatic nitrogens is 5. The topological polar surface area (TPSA) is 71.8 Å². The molecule has 7 heteroatoms. The van der Waals surface area contributed by atoms with E-state index in [1.165, 1.54) is 18.4 Å². The molecular formula is C25H29N7. The fourth-order valence-electron chi connectivity index (χ4n) is 4.56. The SMILES string of the molecule is CN(C)[C@H]1CC[C@H](Nc2ncnc3ccc(-c4cnn(Cc5ccncc5)c4)cc23)CC1. The van der Waals surface area contributed by atoms with Crippen LogP contribution in [0.3, 0.4) is 0 Å². The van der Waals surface area contributed by atoms with Crippen molar-refractivity contribution in [1.29, 1.82) is 0 Å². The molecule has 0 radical (unpaired) electrons. The number of pyridine rings is 1. The van der Waals surface area contributed by atoms with Crippen molar-refractivity contribution >= 4 is 16.7 Å². The van der Waals surface area contributed by atoms with Gasteiger partial charge in [-0.2, -0.15) is 5.10 Å². The smallest absolute Gasteiger partial charge is 0.137 e. The Labute approximate surface area is 188 Å². The maximum atomic E-state index is 4.59. The fraction of sp³-hybridized carbons (Fsp3) is 0.360. The van der Waals surface area contributed by atoms with E-state index in [0.29, 0.717) is 12.1 Å². The van der Waals surface area contributed by atoms with Gasteiger partial charge in [-0.05, 0) is 75.2 Å². The van der Waals surface area contributed by atoms with Gasteiger partial charge in [0.25, 0.3) is 0 Å². The first-order valence-electron chi connectivity index (χ1n) is 11.2. The number of nitrogens with zero attached hydrogens (tertiary/aromatic N) is 6. The van der Waals surface area contributed by atoms with Crippen molar-refractivity contribution in [2.45, 2.75) is 44.3 Å². The first-order chi connectivity index (χ1) is 15.7. The molecule has 1 fully saturated rings. The molecular weight excluding hydrogens is 398 g/mol. The second-order valence-electron chi connectivity index (χ2n) is 8.85. The number of fused-ring (bicyclic) bond motifs is 1. The molecule has 0 aliphatic heterocycles. The van der Waals surface area contributed by atoms with Crippen LogP contribution in [0.15, 0.2) is 61.4 Å². The Hall–Kier alpha value is -3.32. The summed E-state index contributed by atoms with van der Waals surface area (Å²) in [6.45, 7) is 0.724. The lowest BCUT2D eigenvalue weighted by molar-refractivity contribution is 0.221. The Balaban J connectivity index is 1.36. The molecule has 1 aliphatic rings. The first-order valence-corrected chi connectivity index (χ1v) is 11.2. The summed E-state index contributed by atoms with van der Waals surface area (Å²) in [5.74, 6) is 0.925. The molecule has 0 spiro atoms. The summed E-state index contributed by atoms with van der Waals surface area (Å²) < 4.78 is 1.96. The second kappa shape index (κ2) is 9.04. The normalized spacial score (nSPS) is 18.8. The van der Waals surface area contributed by atoms with E-state index in [4.69, 9.17) is 0 Å². The molecule has 0 amide bonds. The Bertz CT molecular complexity index is 1180. The number of rotatable bonds is 6. The molecule has 0 bridgehead atoms. The lowest BCUT2D eigenvalue weighted by Crippen LogP contribution is -2.36.